The average molecular weight is 539 g/mol. The molecule has 0 bridgehead atoms. The summed E-state index contributed by atoms with van der Waals surface area (Å²) in [7, 11) is -1.66. The van der Waals surface area contributed by atoms with E-state index in [1.54, 1.807) is 6.07 Å². The van der Waals surface area contributed by atoms with E-state index in [-0.39, 0.29) is 4.90 Å². The maximum atomic E-state index is 14.7. The molecule has 0 spiro atoms. The first kappa shape index (κ1) is 26.0. The Morgan fingerprint density at radius 3 is 2.47 bits per heavy atom. The minimum atomic E-state index is -3.62. The van der Waals surface area contributed by atoms with E-state index in [9.17, 15) is 12.8 Å². The van der Waals surface area contributed by atoms with Crippen LogP contribution in [0.3, 0.4) is 0 Å². The van der Waals surface area contributed by atoms with E-state index in [1.807, 2.05) is 11.6 Å². The van der Waals surface area contributed by atoms with E-state index in [0.29, 0.717) is 23.3 Å². The molecule has 1 unspecified atom stereocenters. The number of piperidine rings is 2. The monoisotopic (exact) mass is 538 g/mol. The molecule has 6 nitrogen and oxygen atoms in total. The van der Waals surface area contributed by atoms with Gasteiger partial charge in [0, 0.05) is 31.0 Å². The summed E-state index contributed by atoms with van der Waals surface area (Å²) < 4.78 is 40.5. The van der Waals surface area contributed by atoms with Crippen LogP contribution in [0.2, 0.25) is 0 Å². The zero-order chi connectivity index (χ0) is 26.6. The van der Waals surface area contributed by atoms with Crippen LogP contribution in [-0.4, -0.2) is 60.8 Å². The van der Waals surface area contributed by atoms with Crippen LogP contribution in [0.15, 0.2) is 35.2 Å². The van der Waals surface area contributed by atoms with Crippen molar-refractivity contribution in [2.24, 2.45) is 13.0 Å². The van der Waals surface area contributed by atoms with Gasteiger partial charge >= 0.3 is 0 Å². The smallest absolute Gasteiger partial charge is 0.178 e. The lowest BCUT2D eigenvalue weighted by Gasteiger charge is -2.50. The van der Waals surface area contributed by atoms with Crippen LogP contribution in [0.1, 0.15) is 62.0 Å². The third kappa shape index (κ3) is 4.69. The number of halogens is 1. The Bertz CT molecular complexity index is 1460. The maximum absolute atomic E-state index is 14.7. The van der Waals surface area contributed by atoms with Gasteiger partial charge in [0.15, 0.2) is 9.84 Å². The number of hydrogen-bond acceptors (Lipinski definition) is 5. The van der Waals surface area contributed by atoms with Crippen molar-refractivity contribution in [2.45, 2.75) is 74.8 Å². The summed E-state index contributed by atoms with van der Waals surface area (Å²) >= 11 is 0. The number of aromatic nitrogens is 2. The molecule has 3 aliphatic rings. The number of sulfone groups is 1. The molecule has 1 aliphatic carbocycles. The van der Waals surface area contributed by atoms with E-state index in [4.69, 9.17) is 4.98 Å². The summed E-state index contributed by atoms with van der Waals surface area (Å²) in [5, 5.41) is 3.53. The van der Waals surface area contributed by atoms with Crippen molar-refractivity contribution in [1.29, 1.82) is 0 Å². The molecular formula is C30H39FN4O2S. The van der Waals surface area contributed by atoms with Gasteiger partial charge in [0.2, 0.25) is 0 Å². The van der Waals surface area contributed by atoms with Crippen molar-refractivity contribution < 1.29 is 12.8 Å². The van der Waals surface area contributed by atoms with Gasteiger partial charge in [-0.05, 0) is 112 Å². The largest absolute Gasteiger partial charge is 0.327 e. The molecule has 2 aliphatic heterocycles. The molecule has 0 amide bonds. The van der Waals surface area contributed by atoms with Gasteiger partial charge in [-0.15, -0.1) is 0 Å². The Kier molecular flexibility index (Phi) is 6.85. The van der Waals surface area contributed by atoms with E-state index >= 15 is 0 Å². The lowest BCUT2D eigenvalue weighted by Crippen LogP contribution is -2.54. The van der Waals surface area contributed by atoms with E-state index in [1.165, 1.54) is 69.2 Å². The first-order valence-electron chi connectivity index (χ1n) is 14.1. The highest BCUT2D eigenvalue weighted by Gasteiger charge is 2.40. The molecule has 38 heavy (non-hydrogen) atoms. The SMILES string of the molecule is Cc1cc(C2CCN(C3CCNCC3)[C@@H](C3CCC3)C2)cc2c1nc(-c1ccc(S(C)(=O)=O)c(F)c1)n2C. The number of fused-ring (bicyclic) bond motifs is 1. The Labute approximate surface area is 225 Å². The molecule has 1 N–H and O–H groups in total. The number of imidazole rings is 1. The Balaban J connectivity index is 1.31. The van der Waals surface area contributed by atoms with Crippen LogP contribution >= 0.6 is 0 Å². The minimum Gasteiger partial charge on any atom is -0.327 e. The van der Waals surface area contributed by atoms with Crippen molar-refractivity contribution in [2.75, 3.05) is 25.9 Å². The van der Waals surface area contributed by atoms with Crippen LogP contribution in [0.25, 0.3) is 22.4 Å². The predicted octanol–water partition coefficient (Wildman–Crippen LogP) is 5.19. The Morgan fingerprint density at radius 2 is 1.82 bits per heavy atom. The van der Waals surface area contributed by atoms with Crippen molar-refractivity contribution in [1.82, 2.24) is 19.8 Å². The summed E-state index contributed by atoms with van der Waals surface area (Å²) in [6, 6.07) is 10.3. The standard InChI is InChI=1S/C30H39FN4O2S/c1-19-15-23(21-11-14-35(24-9-12-32-13-10-24)26(17-21)20-5-4-6-20)18-27-29(19)33-30(34(27)2)22-7-8-28(25(31)16-22)38(3,36)37/h7-8,15-16,18,20-21,24,26,32H,4-6,9-14,17H2,1-3H3/t21?,26-/m1/s1. The minimum absolute atomic E-state index is 0.282. The fraction of sp³-hybridized carbons (Fsp3) is 0.567. The number of hydrogen-bond donors (Lipinski definition) is 1. The topological polar surface area (TPSA) is 67.2 Å². The third-order valence-electron chi connectivity index (χ3n) is 9.42. The molecule has 2 aromatic carbocycles. The van der Waals surface area contributed by atoms with Gasteiger partial charge < -0.3 is 9.88 Å². The molecule has 2 atom stereocenters. The van der Waals surface area contributed by atoms with Crippen LogP contribution in [-0.2, 0) is 16.9 Å². The van der Waals surface area contributed by atoms with Gasteiger partial charge in [-0.1, -0.05) is 12.5 Å². The number of nitrogens with zero attached hydrogens (tertiary/aromatic N) is 3. The molecule has 3 fully saturated rings. The molecule has 1 saturated carbocycles. The fourth-order valence-corrected chi connectivity index (χ4v) is 7.85. The first-order valence-corrected chi connectivity index (χ1v) is 16.0. The molecule has 3 aromatic rings. The summed E-state index contributed by atoms with van der Waals surface area (Å²) in [5.41, 5.74) is 5.06. The summed E-state index contributed by atoms with van der Waals surface area (Å²) in [6.45, 7) is 5.57. The lowest BCUT2D eigenvalue weighted by atomic mass is 9.71. The van der Waals surface area contributed by atoms with Gasteiger partial charge in [-0.2, -0.15) is 0 Å². The predicted molar refractivity (Wildman–Crippen MR) is 150 cm³/mol. The van der Waals surface area contributed by atoms with Gasteiger partial charge in [-0.25, -0.2) is 17.8 Å². The molecule has 2 saturated heterocycles. The van der Waals surface area contributed by atoms with Gasteiger partial charge in [0.1, 0.15) is 16.5 Å². The summed E-state index contributed by atoms with van der Waals surface area (Å²) in [5.74, 6) is 1.28. The Morgan fingerprint density at radius 1 is 1.05 bits per heavy atom. The zero-order valence-corrected chi connectivity index (χ0v) is 23.5. The van der Waals surface area contributed by atoms with Crippen LogP contribution < -0.4 is 5.32 Å². The highest BCUT2D eigenvalue weighted by atomic mass is 32.2. The van der Waals surface area contributed by atoms with Gasteiger partial charge in [0.25, 0.3) is 0 Å². The normalized spacial score (nSPS) is 24.1. The molecule has 8 heteroatoms. The average Bonchev–Trinajstić information content (AvgIpc) is 3.19. The van der Waals surface area contributed by atoms with Gasteiger partial charge in [-0.3, -0.25) is 4.90 Å². The second-order valence-corrected chi connectivity index (χ2v) is 13.8. The van der Waals surface area contributed by atoms with Crippen molar-refractivity contribution in [3.05, 3.63) is 47.3 Å². The molecule has 204 valence electrons. The van der Waals surface area contributed by atoms with Crippen molar-refractivity contribution >= 4 is 20.9 Å². The molecule has 6 rings (SSSR count). The summed E-state index contributed by atoms with van der Waals surface area (Å²) in [6.07, 6.45) is 10.1. The molecule has 3 heterocycles. The second kappa shape index (κ2) is 10.0. The molecule has 1 aromatic heterocycles. The van der Waals surface area contributed by atoms with Crippen LogP contribution in [0.4, 0.5) is 4.39 Å². The number of rotatable bonds is 5. The third-order valence-corrected chi connectivity index (χ3v) is 10.5. The quantitative estimate of drug-likeness (QED) is 0.484. The van der Waals surface area contributed by atoms with Crippen LogP contribution in [0.5, 0.6) is 0 Å². The highest BCUT2D eigenvalue weighted by Crippen LogP contribution is 2.43. The lowest BCUT2D eigenvalue weighted by molar-refractivity contribution is 0.0114. The number of aryl methyl sites for hydroxylation is 2. The van der Waals surface area contributed by atoms with Crippen molar-refractivity contribution in [3.63, 3.8) is 0 Å². The van der Waals surface area contributed by atoms with E-state index < -0.39 is 15.7 Å². The fourth-order valence-electron chi connectivity index (χ4n) is 7.12. The molecule has 0 radical (unpaired) electrons. The number of nitrogens with one attached hydrogen (secondary N) is 1. The first-order chi connectivity index (χ1) is 18.2. The highest BCUT2D eigenvalue weighted by molar-refractivity contribution is 7.90. The van der Waals surface area contributed by atoms with Crippen molar-refractivity contribution in [3.8, 4) is 11.4 Å². The Hall–Kier alpha value is -2.29. The van der Waals surface area contributed by atoms with E-state index in [0.717, 1.165) is 47.9 Å². The number of likely N-dealkylation sites (tertiary alicyclic amines) is 1. The van der Waals surface area contributed by atoms with E-state index in [2.05, 4.69) is 29.3 Å². The zero-order valence-electron chi connectivity index (χ0n) is 22.7. The van der Waals surface area contributed by atoms with Gasteiger partial charge in [0.05, 0.1) is 11.0 Å². The van der Waals surface area contributed by atoms with Crippen LogP contribution in [0, 0.1) is 18.7 Å². The molecular weight excluding hydrogens is 499 g/mol. The summed E-state index contributed by atoms with van der Waals surface area (Å²) in [4.78, 5) is 7.47. The second-order valence-electron chi connectivity index (χ2n) is 11.8. The number of benzene rings is 2. The maximum Gasteiger partial charge on any atom is 0.178 e.